The molecule has 4 heterocycles. The molecule has 16 heteroatoms. The lowest BCUT2D eigenvalue weighted by Crippen LogP contribution is -2.57. The number of carbonyl (C=O) groups excluding carboxylic acids is 2. The summed E-state index contributed by atoms with van der Waals surface area (Å²) in [5.41, 5.74) is 0.189. The van der Waals surface area contributed by atoms with Crippen molar-refractivity contribution in [3.8, 4) is 5.69 Å². The third kappa shape index (κ3) is 7.15. The number of hydrogen-bond donors (Lipinski definition) is 2. The zero-order chi connectivity index (χ0) is 35.0. The van der Waals surface area contributed by atoms with Gasteiger partial charge in [-0.1, -0.05) is 12.1 Å². The summed E-state index contributed by atoms with van der Waals surface area (Å²) in [7, 11) is -4.10. The van der Waals surface area contributed by atoms with Crippen LogP contribution >= 0.6 is 11.8 Å². The fourth-order valence-corrected chi connectivity index (χ4v) is 8.59. The molecule has 0 unspecified atom stereocenters. The van der Waals surface area contributed by atoms with E-state index in [2.05, 4.69) is 15.3 Å². The number of aliphatic carboxylic acids is 1. The molecular weight excluding hydrogens is 661 g/mol. The van der Waals surface area contributed by atoms with Gasteiger partial charge in [-0.3, -0.25) is 19.1 Å². The quantitative estimate of drug-likeness (QED) is 0.233. The van der Waals surface area contributed by atoms with Gasteiger partial charge in [0.25, 0.3) is 0 Å². The van der Waals surface area contributed by atoms with Crippen molar-refractivity contribution in [2.45, 2.75) is 74.9 Å². The van der Waals surface area contributed by atoms with Crippen LogP contribution in [-0.4, -0.2) is 83.1 Å². The van der Waals surface area contributed by atoms with E-state index in [1.54, 1.807) is 71.0 Å². The van der Waals surface area contributed by atoms with Crippen molar-refractivity contribution >= 4 is 50.8 Å². The molecule has 2 N–H and O–H groups in total. The Balaban J connectivity index is 1.44. The Morgan fingerprint density at radius 1 is 1.10 bits per heavy atom. The highest BCUT2D eigenvalue weighted by atomic mass is 32.2. The first kappa shape index (κ1) is 34.8. The normalized spacial score (nSPS) is 17.2. The second-order valence-electron chi connectivity index (χ2n) is 12.8. The van der Waals surface area contributed by atoms with E-state index in [4.69, 9.17) is 4.74 Å². The minimum Gasteiger partial charge on any atom is -0.480 e. The summed E-state index contributed by atoms with van der Waals surface area (Å²) in [6.45, 7) is 8.09. The molecule has 1 aromatic carbocycles. The van der Waals surface area contributed by atoms with Crippen LogP contribution in [0.4, 0.5) is 0 Å². The van der Waals surface area contributed by atoms with Gasteiger partial charge in [0.05, 0.1) is 17.1 Å². The second kappa shape index (κ2) is 13.2. The molecule has 1 saturated heterocycles. The first-order valence-corrected chi connectivity index (χ1v) is 17.4. The number of sulfonamides is 1. The maximum atomic E-state index is 14.0. The van der Waals surface area contributed by atoms with Crippen LogP contribution in [0.25, 0.3) is 16.9 Å². The number of esters is 1. The van der Waals surface area contributed by atoms with Crippen LogP contribution in [0.15, 0.2) is 76.8 Å². The van der Waals surface area contributed by atoms with E-state index < -0.39 is 62.5 Å². The average Bonchev–Trinajstić information content (AvgIpc) is 3.49. The van der Waals surface area contributed by atoms with Crippen LogP contribution in [-0.2, 0) is 42.1 Å². The maximum absolute atomic E-state index is 14.0. The van der Waals surface area contributed by atoms with E-state index in [0.717, 1.165) is 8.87 Å². The van der Waals surface area contributed by atoms with Crippen LogP contribution in [0.5, 0.6) is 0 Å². The Morgan fingerprint density at radius 3 is 2.42 bits per heavy atom. The molecule has 0 radical (unpaired) electrons. The summed E-state index contributed by atoms with van der Waals surface area (Å²) in [6.07, 6.45) is 4.17. The molecule has 254 valence electrons. The predicted octanol–water partition coefficient (Wildman–Crippen LogP) is 2.58. The van der Waals surface area contributed by atoms with Crippen molar-refractivity contribution < 1.29 is 32.6 Å². The van der Waals surface area contributed by atoms with Crippen molar-refractivity contribution in [1.82, 2.24) is 28.7 Å². The van der Waals surface area contributed by atoms with E-state index in [1.165, 1.54) is 47.1 Å². The molecular formula is C32H36N6O8S2. The number of imidazole rings is 1. The van der Waals surface area contributed by atoms with Crippen LogP contribution in [0, 0.1) is 0 Å². The zero-order valence-electron chi connectivity index (χ0n) is 27.0. The molecule has 14 nitrogen and oxygen atoms in total. The molecule has 0 spiro atoms. The highest BCUT2D eigenvalue weighted by Crippen LogP contribution is 2.42. The SMILES string of the molecule is CC(C)(C)OC(=O)[C@H](Cc1ccc(-n2c(=O)n(CC(=O)O)c3cccnc32)cc1)NC(=O)[C@@H]1N(S(=O)(=O)c2cccnc2)CSC1(C)C. The number of fused-ring (bicyclic) bond motifs is 1. The van der Waals surface area contributed by atoms with Gasteiger partial charge in [0.15, 0.2) is 5.65 Å². The number of benzene rings is 1. The standard InChI is InChI=1S/C32H36N6O8S2/c1-31(2,3)46-29(42)23(35-28(41)26-32(4,5)47-19-37(26)48(44,45)22-8-6-14-33-17-22)16-20-10-12-21(13-11-20)38-27-24(9-7-15-34-27)36(30(38)43)18-25(39)40/h6-15,17,23,26H,16,18-19H2,1-5H3,(H,35,41)(H,39,40)/t23-,26-/m0/s1. The lowest BCUT2D eigenvalue weighted by atomic mass is 10.0. The number of ether oxygens (including phenoxy) is 1. The lowest BCUT2D eigenvalue weighted by Gasteiger charge is -2.32. The molecule has 0 aliphatic carbocycles. The summed E-state index contributed by atoms with van der Waals surface area (Å²) in [6, 6.07) is 10.4. The summed E-state index contributed by atoms with van der Waals surface area (Å²) in [5, 5.41) is 12.1. The summed E-state index contributed by atoms with van der Waals surface area (Å²) >= 11 is 1.30. The fraction of sp³-hybridized carbons (Fsp3) is 0.375. The van der Waals surface area contributed by atoms with E-state index in [9.17, 15) is 32.7 Å². The molecule has 1 aliphatic heterocycles. The number of hydrogen-bond acceptors (Lipinski definition) is 10. The third-order valence-electron chi connectivity index (χ3n) is 7.63. The largest absolute Gasteiger partial charge is 0.480 e. The van der Waals surface area contributed by atoms with Crippen molar-refractivity contribution in [2.24, 2.45) is 0 Å². The molecule has 3 aromatic heterocycles. The highest BCUT2D eigenvalue weighted by molar-refractivity contribution is 8.02. The third-order valence-corrected chi connectivity index (χ3v) is 11.0. The number of nitrogens with zero attached hydrogens (tertiary/aromatic N) is 5. The van der Waals surface area contributed by atoms with E-state index in [1.807, 2.05) is 0 Å². The smallest absolute Gasteiger partial charge is 0.335 e. The van der Waals surface area contributed by atoms with Crippen LogP contribution < -0.4 is 11.0 Å². The van der Waals surface area contributed by atoms with Crippen molar-refractivity contribution in [2.75, 3.05) is 5.88 Å². The number of pyridine rings is 2. The molecule has 5 rings (SSSR count). The van der Waals surface area contributed by atoms with Gasteiger partial charge >= 0.3 is 17.6 Å². The Labute approximate surface area is 281 Å². The van der Waals surface area contributed by atoms with Gasteiger partial charge in [0.1, 0.15) is 29.1 Å². The van der Waals surface area contributed by atoms with Gasteiger partial charge in [0.2, 0.25) is 15.9 Å². The molecule has 48 heavy (non-hydrogen) atoms. The van der Waals surface area contributed by atoms with Gasteiger partial charge in [0, 0.05) is 29.8 Å². The highest BCUT2D eigenvalue weighted by Gasteiger charge is 2.51. The number of thioether (sulfide) groups is 1. The molecule has 4 aromatic rings. The topological polar surface area (TPSA) is 183 Å². The minimum atomic E-state index is -4.10. The van der Waals surface area contributed by atoms with Gasteiger partial charge in [-0.2, -0.15) is 4.31 Å². The molecule has 0 bridgehead atoms. The Morgan fingerprint density at radius 2 is 1.79 bits per heavy atom. The molecule has 2 atom stereocenters. The summed E-state index contributed by atoms with van der Waals surface area (Å²) < 4.78 is 35.5. The number of carbonyl (C=O) groups is 3. The van der Waals surface area contributed by atoms with Crippen LogP contribution in [0.1, 0.15) is 40.2 Å². The van der Waals surface area contributed by atoms with Crippen molar-refractivity contribution in [1.29, 1.82) is 0 Å². The summed E-state index contributed by atoms with van der Waals surface area (Å²) in [5.74, 6) is -2.52. The molecule has 0 saturated carbocycles. The fourth-order valence-electron chi connectivity index (χ4n) is 5.46. The Bertz CT molecular complexity index is 2020. The number of aromatic nitrogens is 4. The Hall–Kier alpha value is -4.54. The first-order chi connectivity index (χ1) is 22.5. The van der Waals surface area contributed by atoms with Crippen LogP contribution in [0.2, 0.25) is 0 Å². The first-order valence-electron chi connectivity index (χ1n) is 15.0. The van der Waals surface area contributed by atoms with Gasteiger partial charge in [-0.15, -0.1) is 11.8 Å². The predicted molar refractivity (Wildman–Crippen MR) is 178 cm³/mol. The maximum Gasteiger partial charge on any atom is 0.335 e. The number of carboxylic acids is 1. The summed E-state index contributed by atoms with van der Waals surface area (Å²) in [4.78, 5) is 60.3. The molecule has 1 fully saturated rings. The van der Waals surface area contributed by atoms with Crippen LogP contribution in [0.3, 0.4) is 0 Å². The number of amides is 1. The van der Waals surface area contributed by atoms with Gasteiger partial charge in [-0.25, -0.2) is 27.6 Å². The minimum absolute atomic E-state index is 0.00942. The lowest BCUT2D eigenvalue weighted by molar-refractivity contribution is -0.158. The van der Waals surface area contributed by atoms with E-state index in [0.29, 0.717) is 16.8 Å². The van der Waals surface area contributed by atoms with E-state index in [-0.39, 0.29) is 22.8 Å². The monoisotopic (exact) mass is 696 g/mol. The molecule has 1 aliphatic rings. The van der Waals surface area contributed by atoms with Gasteiger partial charge < -0.3 is 15.2 Å². The number of carboxylic acid groups (broad SMARTS) is 1. The second-order valence-corrected chi connectivity index (χ2v) is 16.3. The molecule has 1 amide bonds. The Kier molecular flexibility index (Phi) is 9.54. The number of rotatable bonds is 10. The van der Waals surface area contributed by atoms with Gasteiger partial charge in [-0.05, 0) is 76.6 Å². The van der Waals surface area contributed by atoms with E-state index >= 15 is 0 Å². The average molecular weight is 697 g/mol. The van der Waals surface area contributed by atoms with Crippen molar-refractivity contribution in [3.05, 3.63) is 83.2 Å². The zero-order valence-corrected chi connectivity index (χ0v) is 28.6. The number of nitrogens with one attached hydrogen (secondary N) is 1. The van der Waals surface area contributed by atoms with Crippen molar-refractivity contribution in [3.63, 3.8) is 0 Å².